The number of allylic oxidation sites excluding steroid dienone is 1. The van der Waals surface area contributed by atoms with E-state index in [2.05, 4.69) is 55.8 Å². The lowest BCUT2D eigenvalue weighted by molar-refractivity contribution is 0.0694. The number of aromatic hydroxyl groups is 1. The van der Waals surface area contributed by atoms with Crippen molar-refractivity contribution in [3.05, 3.63) is 59.2 Å². The number of rotatable bonds is 5. The normalized spacial score (nSPS) is 15.4. The van der Waals surface area contributed by atoms with Gasteiger partial charge in [-0.3, -0.25) is 4.99 Å². The van der Waals surface area contributed by atoms with E-state index in [0.717, 1.165) is 18.5 Å². The zero-order chi connectivity index (χ0) is 20.5. The highest BCUT2D eigenvalue weighted by molar-refractivity contribution is 5.93. The topological polar surface area (TPSA) is 73.1 Å². The summed E-state index contributed by atoms with van der Waals surface area (Å²) in [6.45, 7) is 9.77. The van der Waals surface area contributed by atoms with E-state index in [-0.39, 0.29) is 16.9 Å². The summed E-state index contributed by atoms with van der Waals surface area (Å²) >= 11 is 0. The van der Waals surface area contributed by atoms with Gasteiger partial charge in [-0.2, -0.15) is 0 Å². The molecule has 146 valence electrons. The van der Waals surface area contributed by atoms with E-state index in [1.807, 2.05) is 6.07 Å². The average Bonchev–Trinajstić information content (AvgIpc) is 2.64. The van der Waals surface area contributed by atoms with Crippen molar-refractivity contribution in [1.82, 2.24) is 0 Å². The van der Waals surface area contributed by atoms with Crippen LogP contribution in [0.15, 0.2) is 47.5 Å². The first-order valence-electron chi connectivity index (χ1n) is 9.45. The van der Waals surface area contributed by atoms with E-state index in [0.29, 0.717) is 5.69 Å². The Kier molecular flexibility index (Phi) is 5.27. The number of aromatic carboxylic acids is 1. The summed E-state index contributed by atoms with van der Waals surface area (Å²) in [5.74, 6) is -1.44. The first-order valence-corrected chi connectivity index (χ1v) is 9.45. The molecule has 1 aliphatic rings. The van der Waals surface area contributed by atoms with Crippen LogP contribution in [-0.4, -0.2) is 34.5 Å². The smallest absolute Gasteiger partial charge is 0.339 e. The Balaban J connectivity index is 1.94. The third-order valence-electron chi connectivity index (χ3n) is 5.02. The van der Waals surface area contributed by atoms with Crippen LogP contribution in [0.1, 0.15) is 55.6 Å². The van der Waals surface area contributed by atoms with Gasteiger partial charge in [0, 0.05) is 24.0 Å². The van der Waals surface area contributed by atoms with E-state index in [1.54, 1.807) is 12.3 Å². The van der Waals surface area contributed by atoms with Crippen LogP contribution in [-0.2, 0) is 0 Å². The van der Waals surface area contributed by atoms with Crippen LogP contribution in [0.3, 0.4) is 0 Å². The van der Waals surface area contributed by atoms with Gasteiger partial charge in [-0.05, 0) is 68.7 Å². The number of phenols is 1. The van der Waals surface area contributed by atoms with E-state index in [4.69, 9.17) is 5.11 Å². The minimum absolute atomic E-state index is 0.0258. The maximum Gasteiger partial charge on any atom is 0.339 e. The molecule has 3 rings (SSSR count). The monoisotopic (exact) mass is 378 g/mol. The van der Waals surface area contributed by atoms with E-state index >= 15 is 0 Å². The van der Waals surface area contributed by atoms with Gasteiger partial charge in [0.15, 0.2) is 0 Å². The Morgan fingerprint density at radius 2 is 1.96 bits per heavy atom. The SMILES string of the molecule is CCCN1c2ccc(C=Nc3ccc(O)c(C(=O)O)c3)cc2C(C)=CC1(C)C. The van der Waals surface area contributed by atoms with E-state index in [9.17, 15) is 9.90 Å². The number of hydrogen-bond acceptors (Lipinski definition) is 4. The Hall–Kier alpha value is -3.08. The molecule has 0 aliphatic carbocycles. The third-order valence-corrected chi connectivity index (χ3v) is 5.02. The van der Waals surface area contributed by atoms with Gasteiger partial charge >= 0.3 is 5.97 Å². The predicted octanol–water partition coefficient (Wildman–Crippen LogP) is 5.25. The largest absolute Gasteiger partial charge is 0.507 e. The van der Waals surface area contributed by atoms with Gasteiger partial charge in [-0.25, -0.2) is 4.79 Å². The molecule has 0 fully saturated rings. The van der Waals surface area contributed by atoms with Crippen molar-refractivity contribution in [3.8, 4) is 5.75 Å². The Labute approximate surface area is 165 Å². The Morgan fingerprint density at radius 1 is 1.21 bits per heavy atom. The molecule has 0 spiro atoms. The molecule has 2 aromatic rings. The molecule has 1 aliphatic heterocycles. The third kappa shape index (κ3) is 3.79. The summed E-state index contributed by atoms with van der Waals surface area (Å²) in [6.07, 6.45) is 5.09. The fraction of sp³-hybridized carbons (Fsp3) is 0.304. The molecule has 2 aromatic carbocycles. The number of fused-ring (bicyclic) bond motifs is 1. The molecule has 28 heavy (non-hydrogen) atoms. The van der Waals surface area contributed by atoms with Crippen LogP contribution in [0, 0.1) is 0 Å². The van der Waals surface area contributed by atoms with Crippen LogP contribution in [0.4, 0.5) is 11.4 Å². The Bertz CT molecular complexity index is 974. The molecule has 0 saturated heterocycles. The second-order valence-corrected chi connectivity index (χ2v) is 7.67. The van der Waals surface area contributed by atoms with Gasteiger partial charge in [0.1, 0.15) is 11.3 Å². The molecule has 5 nitrogen and oxygen atoms in total. The van der Waals surface area contributed by atoms with Crippen molar-refractivity contribution in [2.45, 2.75) is 39.7 Å². The van der Waals surface area contributed by atoms with Gasteiger partial charge in [0.2, 0.25) is 0 Å². The molecule has 0 atom stereocenters. The maximum atomic E-state index is 11.2. The number of hydrogen-bond donors (Lipinski definition) is 2. The minimum Gasteiger partial charge on any atom is -0.507 e. The van der Waals surface area contributed by atoms with Crippen LogP contribution in [0.5, 0.6) is 5.75 Å². The number of carboxylic acid groups (broad SMARTS) is 1. The number of carboxylic acids is 1. The van der Waals surface area contributed by atoms with Gasteiger partial charge in [-0.1, -0.05) is 19.1 Å². The lowest BCUT2D eigenvalue weighted by atomic mass is 9.88. The standard InChI is InChI=1S/C23H26N2O3/c1-5-10-25-20-8-6-16(11-18(20)15(2)13-23(25,3)4)14-24-17-7-9-21(26)19(12-17)22(27)28/h6-9,11-14,26H,5,10H2,1-4H3,(H,27,28). The first kappa shape index (κ1) is 19.7. The fourth-order valence-corrected chi connectivity index (χ4v) is 3.74. The number of anilines is 1. The van der Waals surface area contributed by atoms with Crippen LogP contribution >= 0.6 is 0 Å². The second-order valence-electron chi connectivity index (χ2n) is 7.67. The van der Waals surface area contributed by atoms with Crippen LogP contribution < -0.4 is 4.90 Å². The highest BCUT2D eigenvalue weighted by Crippen LogP contribution is 2.39. The zero-order valence-corrected chi connectivity index (χ0v) is 16.7. The molecule has 0 unspecified atom stereocenters. The summed E-state index contributed by atoms with van der Waals surface area (Å²) in [6, 6.07) is 10.6. The predicted molar refractivity (Wildman–Crippen MR) is 114 cm³/mol. The van der Waals surface area contributed by atoms with Crippen LogP contribution in [0.25, 0.3) is 5.57 Å². The quantitative estimate of drug-likeness (QED) is 0.697. The molecule has 5 heteroatoms. The van der Waals surface area contributed by atoms with Crippen molar-refractivity contribution < 1.29 is 15.0 Å². The Morgan fingerprint density at radius 3 is 2.64 bits per heavy atom. The van der Waals surface area contributed by atoms with Crippen molar-refractivity contribution in [2.24, 2.45) is 4.99 Å². The minimum atomic E-state index is -1.18. The number of benzene rings is 2. The lowest BCUT2D eigenvalue weighted by Crippen LogP contribution is -2.45. The average molecular weight is 378 g/mol. The van der Waals surface area contributed by atoms with Crippen molar-refractivity contribution in [2.75, 3.05) is 11.4 Å². The van der Waals surface area contributed by atoms with Crippen LogP contribution in [0.2, 0.25) is 0 Å². The molecule has 1 heterocycles. The molecule has 0 bridgehead atoms. The molecular weight excluding hydrogens is 352 g/mol. The van der Waals surface area contributed by atoms with E-state index in [1.165, 1.54) is 29.0 Å². The number of nitrogens with zero attached hydrogens (tertiary/aromatic N) is 2. The van der Waals surface area contributed by atoms with Gasteiger partial charge in [-0.15, -0.1) is 0 Å². The van der Waals surface area contributed by atoms with Crippen molar-refractivity contribution >= 4 is 29.1 Å². The molecular formula is C23H26N2O3. The lowest BCUT2D eigenvalue weighted by Gasteiger charge is -2.43. The van der Waals surface area contributed by atoms with E-state index < -0.39 is 5.97 Å². The highest BCUT2D eigenvalue weighted by Gasteiger charge is 2.30. The van der Waals surface area contributed by atoms with Gasteiger partial charge in [0.05, 0.1) is 11.2 Å². The number of aliphatic imine (C=N–C) groups is 1. The fourth-order valence-electron chi connectivity index (χ4n) is 3.74. The van der Waals surface area contributed by atoms with Crippen molar-refractivity contribution in [1.29, 1.82) is 0 Å². The summed E-state index contributed by atoms with van der Waals surface area (Å²) in [7, 11) is 0. The van der Waals surface area contributed by atoms with Crippen molar-refractivity contribution in [3.63, 3.8) is 0 Å². The number of carbonyl (C=O) groups is 1. The van der Waals surface area contributed by atoms with Gasteiger partial charge in [0.25, 0.3) is 0 Å². The van der Waals surface area contributed by atoms with Gasteiger partial charge < -0.3 is 15.1 Å². The molecule has 0 saturated carbocycles. The zero-order valence-electron chi connectivity index (χ0n) is 16.7. The second kappa shape index (κ2) is 7.50. The summed E-state index contributed by atoms with van der Waals surface area (Å²) in [5, 5.41) is 18.7. The summed E-state index contributed by atoms with van der Waals surface area (Å²) in [5.41, 5.74) is 4.89. The molecule has 0 aromatic heterocycles. The first-order chi connectivity index (χ1) is 13.2. The summed E-state index contributed by atoms with van der Waals surface area (Å²) < 4.78 is 0. The highest BCUT2D eigenvalue weighted by atomic mass is 16.4. The molecule has 0 amide bonds. The maximum absolute atomic E-state index is 11.2. The summed E-state index contributed by atoms with van der Waals surface area (Å²) in [4.78, 5) is 18.0. The molecule has 2 N–H and O–H groups in total. The molecule has 0 radical (unpaired) electrons.